The highest BCUT2D eigenvalue weighted by Crippen LogP contribution is 1.83. The van der Waals surface area contributed by atoms with E-state index < -0.39 is 0 Å². The van der Waals surface area contributed by atoms with Crippen LogP contribution in [0.5, 0.6) is 0 Å². The third kappa shape index (κ3) is 1.60. The highest BCUT2D eigenvalue weighted by atomic mass is 16.5. The number of hydrogen-bond donors (Lipinski definition) is 0. The summed E-state index contributed by atoms with van der Waals surface area (Å²) in [4.78, 5) is 3.81. The second-order valence-corrected chi connectivity index (χ2v) is 1.34. The molecule has 0 aromatic carbocycles. The minimum absolute atomic E-state index is 0.641. The van der Waals surface area contributed by atoms with Gasteiger partial charge in [-0.15, -0.1) is 0 Å². The Hall–Kier alpha value is -1.05. The molecule has 2 heteroatoms. The first kappa shape index (κ1) is 5.09. The molecule has 0 saturated heterocycles. The van der Waals surface area contributed by atoms with Crippen LogP contribution in [0.1, 0.15) is 0 Å². The standard InChI is InChI=1S/C6H7NO/c1-2-5-8-6-4-7-3-1/h1-4,6H,5H2. The number of allylic oxidation sites excluding steroid dienone is 1. The summed E-state index contributed by atoms with van der Waals surface area (Å²) in [5.41, 5.74) is 0. The summed E-state index contributed by atoms with van der Waals surface area (Å²) in [6.45, 7) is 0.641. The molecule has 0 atom stereocenters. The van der Waals surface area contributed by atoms with E-state index in [9.17, 15) is 0 Å². The number of aliphatic imine (C=N–C) groups is 1. The maximum absolute atomic E-state index is 4.89. The van der Waals surface area contributed by atoms with Crippen LogP contribution in [0.15, 0.2) is 29.6 Å². The zero-order valence-electron chi connectivity index (χ0n) is 4.45. The first-order chi connectivity index (χ1) is 4.00. The second-order valence-electron chi connectivity index (χ2n) is 1.34. The number of ether oxygens (including phenoxy) is 1. The molecule has 0 saturated carbocycles. The molecule has 42 valence electrons. The van der Waals surface area contributed by atoms with E-state index >= 15 is 0 Å². The van der Waals surface area contributed by atoms with Gasteiger partial charge in [0.25, 0.3) is 0 Å². The van der Waals surface area contributed by atoms with Crippen LogP contribution in [0, 0.1) is 0 Å². The largest absolute Gasteiger partial charge is 0.496 e. The van der Waals surface area contributed by atoms with Crippen LogP contribution in [-0.4, -0.2) is 12.8 Å². The fourth-order valence-electron chi connectivity index (χ4n) is 0.405. The molecule has 2 nitrogen and oxygen atoms in total. The Morgan fingerprint density at radius 1 is 1.50 bits per heavy atom. The number of nitrogens with zero attached hydrogens (tertiary/aromatic N) is 1. The third-order valence-electron chi connectivity index (χ3n) is 0.744. The topological polar surface area (TPSA) is 21.6 Å². The maximum atomic E-state index is 4.89. The van der Waals surface area contributed by atoms with Crippen LogP contribution in [-0.2, 0) is 4.74 Å². The highest BCUT2D eigenvalue weighted by molar-refractivity contribution is 5.71. The highest BCUT2D eigenvalue weighted by Gasteiger charge is 1.74. The zero-order chi connectivity index (χ0) is 5.66. The van der Waals surface area contributed by atoms with Crippen LogP contribution >= 0.6 is 0 Å². The molecule has 0 fully saturated rings. The maximum Gasteiger partial charge on any atom is 0.106 e. The van der Waals surface area contributed by atoms with Crippen molar-refractivity contribution in [3.8, 4) is 0 Å². The van der Waals surface area contributed by atoms with Crippen LogP contribution in [0.4, 0.5) is 0 Å². The average molecular weight is 109 g/mol. The molecular formula is C6H7NO. The Morgan fingerprint density at radius 3 is 3.50 bits per heavy atom. The summed E-state index contributed by atoms with van der Waals surface area (Å²) in [6, 6.07) is 0. The normalized spacial score (nSPS) is 17.0. The van der Waals surface area contributed by atoms with Gasteiger partial charge in [-0.05, 0) is 12.2 Å². The van der Waals surface area contributed by atoms with Crippen LogP contribution < -0.4 is 0 Å². The van der Waals surface area contributed by atoms with Gasteiger partial charge in [0.05, 0.1) is 6.20 Å². The molecule has 0 radical (unpaired) electrons. The molecule has 0 N–H and O–H groups in total. The van der Waals surface area contributed by atoms with E-state index in [2.05, 4.69) is 4.99 Å². The molecule has 1 aliphatic heterocycles. The first-order valence-corrected chi connectivity index (χ1v) is 2.45. The summed E-state index contributed by atoms with van der Waals surface area (Å²) >= 11 is 0. The van der Waals surface area contributed by atoms with Crippen LogP contribution in [0.25, 0.3) is 0 Å². The summed E-state index contributed by atoms with van der Waals surface area (Å²) in [5.74, 6) is 0. The van der Waals surface area contributed by atoms with Crippen molar-refractivity contribution in [1.82, 2.24) is 0 Å². The summed E-state index contributed by atoms with van der Waals surface area (Å²) in [6.07, 6.45) is 8.65. The van der Waals surface area contributed by atoms with E-state index in [1.54, 1.807) is 18.7 Å². The zero-order valence-corrected chi connectivity index (χ0v) is 4.45. The molecule has 0 spiro atoms. The minimum Gasteiger partial charge on any atom is -0.496 e. The van der Waals surface area contributed by atoms with Crippen molar-refractivity contribution in [3.05, 3.63) is 24.6 Å². The van der Waals surface area contributed by atoms with Crippen molar-refractivity contribution >= 4 is 6.21 Å². The molecule has 0 amide bonds. The molecule has 1 rings (SSSR count). The predicted octanol–water partition coefficient (Wildman–Crippen LogP) is 1.11. The van der Waals surface area contributed by atoms with Crippen molar-refractivity contribution in [1.29, 1.82) is 0 Å². The average Bonchev–Trinajstić information content (AvgIpc) is 1.62. The lowest BCUT2D eigenvalue weighted by molar-refractivity contribution is 0.289. The van der Waals surface area contributed by atoms with E-state index in [1.165, 1.54) is 0 Å². The first-order valence-electron chi connectivity index (χ1n) is 2.45. The van der Waals surface area contributed by atoms with Gasteiger partial charge in [-0.3, -0.25) is 4.99 Å². The Kier molecular flexibility index (Phi) is 1.92. The Bertz CT molecular complexity index is 119. The lowest BCUT2D eigenvalue weighted by Gasteiger charge is -1.92. The predicted molar refractivity (Wildman–Crippen MR) is 32.7 cm³/mol. The lowest BCUT2D eigenvalue weighted by Crippen LogP contribution is -1.82. The second kappa shape index (κ2) is 3.02. The molecule has 8 heavy (non-hydrogen) atoms. The molecule has 0 bridgehead atoms. The van der Waals surface area contributed by atoms with Gasteiger partial charge in [0.2, 0.25) is 0 Å². The third-order valence-corrected chi connectivity index (χ3v) is 0.744. The van der Waals surface area contributed by atoms with Gasteiger partial charge in [-0.2, -0.15) is 0 Å². The van der Waals surface area contributed by atoms with Crippen LogP contribution in [0.3, 0.4) is 0 Å². The molecule has 1 aliphatic rings. The SMILES string of the molecule is C1=CCOC=CN=C1. The molecule has 1 heterocycles. The Balaban J connectivity index is 2.51. The van der Waals surface area contributed by atoms with Crippen LogP contribution in [0.2, 0.25) is 0 Å². The van der Waals surface area contributed by atoms with Gasteiger partial charge in [-0.25, -0.2) is 0 Å². The monoisotopic (exact) mass is 109 g/mol. The summed E-state index contributed by atoms with van der Waals surface area (Å²) in [5, 5.41) is 0. The van der Waals surface area contributed by atoms with E-state index in [0.717, 1.165) is 0 Å². The molecular weight excluding hydrogens is 102 g/mol. The molecule has 0 aromatic rings. The van der Waals surface area contributed by atoms with Gasteiger partial charge in [0, 0.05) is 6.21 Å². The van der Waals surface area contributed by atoms with E-state index in [4.69, 9.17) is 4.74 Å². The Labute approximate surface area is 48.2 Å². The lowest BCUT2D eigenvalue weighted by atomic mass is 10.5. The molecule has 0 aromatic heterocycles. The van der Waals surface area contributed by atoms with Crippen molar-refractivity contribution in [2.45, 2.75) is 0 Å². The van der Waals surface area contributed by atoms with E-state index in [-0.39, 0.29) is 0 Å². The number of rotatable bonds is 0. The quantitative estimate of drug-likeness (QED) is 0.456. The van der Waals surface area contributed by atoms with E-state index in [0.29, 0.717) is 6.61 Å². The van der Waals surface area contributed by atoms with Gasteiger partial charge in [-0.1, -0.05) is 0 Å². The minimum atomic E-state index is 0.641. The van der Waals surface area contributed by atoms with Gasteiger partial charge in [0.15, 0.2) is 0 Å². The van der Waals surface area contributed by atoms with Crippen molar-refractivity contribution in [2.75, 3.05) is 6.61 Å². The van der Waals surface area contributed by atoms with Gasteiger partial charge in [0.1, 0.15) is 12.9 Å². The van der Waals surface area contributed by atoms with Crippen molar-refractivity contribution in [2.24, 2.45) is 4.99 Å². The van der Waals surface area contributed by atoms with E-state index in [1.807, 2.05) is 12.2 Å². The van der Waals surface area contributed by atoms with Crippen molar-refractivity contribution in [3.63, 3.8) is 0 Å². The smallest absolute Gasteiger partial charge is 0.106 e. The fraction of sp³-hybridized carbons (Fsp3) is 0.167. The van der Waals surface area contributed by atoms with Crippen molar-refractivity contribution < 1.29 is 4.74 Å². The fourth-order valence-corrected chi connectivity index (χ4v) is 0.405. The molecule has 0 unspecified atom stereocenters. The van der Waals surface area contributed by atoms with Gasteiger partial charge < -0.3 is 4.74 Å². The molecule has 0 aliphatic carbocycles. The number of hydrogen-bond acceptors (Lipinski definition) is 2. The van der Waals surface area contributed by atoms with Gasteiger partial charge >= 0.3 is 0 Å². The summed E-state index contributed by atoms with van der Waals surface area (Å²) < 4.78 is 4.89. The Morgan fingerprint density at radius 2 is 2.50 bits per heavy atom. The summed E-state index contributed by atoms with van der Waals surface area (Å²) in [7, 11) is 0.